The standard InChI is InChI=1S/C14H17BrO2/c1-2-3-4-5-11-9-13(16)12-7-6-10(15)8-14(12)17-11/h6-8,11H,2-5,9H2,1H3. The van der Waals surface area contributed by atoms with Gasteiger partial charge in [0.05, 0.1) is 5.56 Å². The maximum atomic E-state index is 11.9. The molecule has 1 heterocycles. The van der Waals surface area contributed by atoms with Gasteiger partial charge in [-0.05, 0) is 31.0 Å². The molecule has 1 aromatic carbocycles. The van der Waals surface area contributed by atoms with Gasteiger partial charge in [0.25, 0.3) is 0 Å². The van der Waals surface area contributed by atoms with Gasteiger partial charge in [0.1, 0.15) is 11.9 Å². The van der Waals surface area contributed by atoms with Crippen molar-refractivity contribution in [2.45, 2.75) is 45.1 Å². The van der Waals surface area contributed by atoms with E-state index in [2.05, 4.69) is 22.9 Å². The average Bonchev–Trinajstić information content (AvgIpc) is 2.28. The van der Waals surface area contributed by atoms with E-state index in [1.807, 2.05) is 18.2 Å². The average molecular weight is 297 g/mol. The van der Waals surface area contributed by atoms with Crippen LogP contribution >= 0.6 is 15.9 Å². The Morgan fingerprint density at radius 3 is 3.00 bits per heavy atom. The lowest BCUT2D eigenvalue weighted by molar-refractivity contribution is 0.0835. The molecule has 3 heteroatoms. The SMILES string of the molecule is CCCCCC1CC(=O)c2ccc(Br)cc2O1. The number of ketones is 1. The molecule has 92 valence electrons. The predicted octanol–water partition coefficient (Wildman–Crippen LogP) is 4.36. The largest absolute Gasteiger partial charge is 0.489 e. The minimum atomic E-state index is 0.0656. The van der Waals surface area contributed by atoms with Crippen LogP contribution < -0.4 is 4.74 Å². The molecule has 1 aliphatic heterocycles. The summed E-state index contributed by atoms with van der Waals surface area (Å²) in [5.74, 6) is 0.942. The zero-order valence-corrected chi connectivity index (χ0v) is 11.6. The number of carbonyl (C=O) groups excluding carboxylic acids is 1. The van der Waals surface area contributed by atoms with Crippen LogP contribution in [0.1, 0.15) is 49.4 Å². The summed E-state index contributed by atoms with van der Waals surface area (Å²) in [6, 6.07) is 5.61. The minimum absolute atomic E-state index is 0.0656. The first-order valence-electron chi connectivity index (χ1n) is 6.20. The first-order valence-corrected chi connectivity index (χ1v) is 6.99. The van der Waals surface area contributed by atoms with E-state index >= 15 is 0 Å². The number of unbranched alkanes of at least 4 members (excludes halogenated alkanes) is 2. The zero-order valence-electron chi connectivity index (χ0n) is 10.0. The molecule has 17 heavy (non-hydrogen) atoms. The number of carbonyl (C=O) groups is 1. The molecule has 1 atom stereocenters. The van der Waals surface area contributed by atoms with Gasteiger partial charge >= 0.3 is 0 Å². The second kappa shape index (κ2) is 5.67. The van der Waals surface area contributed by atoms with Crippen molar-refractivity contribution in [2.24, 2.45) is 0 Å². The van der Waals surface area contributed by atoms with Gasteiger partial charge in [-0.15, -0.1) is 0 Å². The molecule has 0 saturated heterocycles. The van der Waals surface area contributed by atoms with Crippen LogP contribution in [0.5, 0.6) is 5.75 Å². The zero-order chi connectivity index (χ0) is 12.3. The molecular weight excluding hydrogens is 280 g/mol. The number of rotatable bonds is 4. The number of benzene rings is 1. The molecule has 1 unspecified atom stereocenters. The summed E-state index contributed by atoms with van der Waals surface area (Å²) in [5.41, 5.74) is 0.722. The van der Waals surface area contributed by atoms with Crippen LogP contribution in [0.4, 0.5) is 0 Å². The molecule has 2 rings (SSSR count). The minimum Gasteiger partial charge on any atom is -0.489 e. The van der Waals surface area contributed by atoms with Gasteiger partial charge in [-0.2, -0.15) is 0 Å². The smallest absolute Gasteiger partial charge is 0.170 e. The van der Waals surface area contributed by atoms with Crippen LogP contribution in [0.25, 0.3) is 0 Å². The lowest BCUT2D eigenvalue weighted by atomic mass is 9.97. The van der Waals surface area contributed by atoms with E-state index < -0.39 is 0 Å². The third kappa shape index (κ3) is 3.09. The first-order chi connectivity index (χ1) is 8.20. The highest BCUT2D eigenvalue weighted by Crippen LogP contribution is 2.31. The van der Waals surface area contributed by atoms with Gasteiger partial charge in [-0.3, -0.25) is 4.79 Å². The Kier molecular flexibility index (Phi) is 4.21. The first kappa shape index (κ1) is 12.6. The number of fused-ring (bicyclic) bond motifs is 1. The molecule has 0 saturated carbocycles. The monoisotopic (exact) mass is 296 g/mol. The van der Waals surface area contributed by atoms with E-state index in [0.717, 1.165) is 28.6 Å². The summed E-state index contributed by atoms with van der Waals surface area (Å²) < 4.78 is 6.84. The maximum absolute atomic E-state index is 11.9. The third-order valence-corrected chi connectivity index (χ3v) is 3.57. The van der Waals surface area contributed by atoms with E-state index in [1.54, 1.807) is 0 Å². The molecule has 2 nitrogen and oxygen atoms in total. The van der Waals surface area contributed by atoms with Crippen LogP contribution in [0.2, 0.25) is 0 Å². The van der Waals surface area contributed by atoms with Crippen molar-refractivity contribution in [3.8, 4) is 5.75 Å². The molecule has 1 aliphatic rings. The predicted molar refractivity (Wildman–Crippen MR) is 71.6 cm³/mol. The van der Waals surface area contributed by atoms with E-state index in [0.29, 0.717) is 6.42 Å². The van der Waals surface area contributed by atoms with Crippen LogP contribution in [0.3, 0.4) is 0 Å². The quantitative estimate of drug-likeness (QED) is 0.772. The highest BCUT2D eigenvalue weighted by atomic mass is 79.9. The fourth-order valence-electron chi connectivity index (χ4n) is 2.14. The fourth-order valence-corrected chi connectivity index (χ4v) is 2.49. The lowest BCUT2D eigenvalue weighted by Crippen LogP contribution is -2.26. The van der Waals surface area contributed by atoms with Crippen molar-refractivity contribution in [3.63, 3.8) is 0 Å². The second-order valence-corrected chi connectivity index (χ2v) is 5.42. The number of hydrogen-bond donors (Lipinski definition) is 0. The molecule has 0 spiro atoms. The van der Waals surface area contributed by atoms with Gasteiger partial charge in [-0.25, -0.2) is 0 Å². The number of hydrogen-bond acceptors (Lipinski definition) is 2. The summed E-state index contributed by atoms with van der Waals surface area (Å²) >= 11 is 3.40. The molecule has 0 aromatic heterocycles. The molecule has 0 aliphatic carbocycles. The van der Waals surface area contributed by atoms with E-state index in [9.17, 15) is 4.79 Å². The highest BCUT2D eigenvalue weighted by Gasteiger charge is 2.25. The molecule has 0 fully saturated rings. The van der Waals surface area contributed by atoms with Crippen molar-refractivity contribution >= 4 is 21.7 Å². The maximum Gasteiger partial charge on any atom is 0.170 e. The van der Waals surface area contributed by atoms with Crippen LogP contribution in [-0.4, -0.2) is 11.9 Å². The Labute approximate surface area is 110 Å². The van der Waals surface area contributed by atoms with Crippen molar-refractivity contribution in [1.82, 2.24) is 0 Å². The van der Waals surface area contributed by atoms with Crippen molar-refractivity contribution in [1.29, 1.82) is 0 Å². The summed E-state index contributed by atoms with van der Waals surface area (Å²) in [5, 5.41) is 0. The summed E-state index contributed by atoms with van der Waals surface area (Å²) in [7, 11) is 0. The normalized spacial score (nSPS) is 18.7. The van der Waals surface area contributed by atoms with E-state index in [-0.39, 0.29) is 11.9 Å². The Morgan fingerprint density at radius 1 is 1.41 bits per heavy atom. The number of halogens is 1. The van der Waals surface area contributed by atoms with Gasteiger partial charge in [0.2, 0.25) is 0 Å². The Hall–Kier alpha value is -0.830. The van der Waals surface area contributed by atoms with Crippen LogP contribution in [0, 0.1) is 0 Å². The van der Waals surface area contributed by atoms with Crippen LogP contribution in [0.15, 0.2) is 22.7 Å². The number of Topliss-reactive ketones (excluding diaryl/α,β-unsaturated/α-hetero) is 1. The van der Waals surface area contributed by atoms with Crippen LogP contribution in [-0.2, 0) is 0 Å². The van der Waals surface area contributed by atoms with Gasteiger partial charge in [0, 0.05) is 10.9 Å². The Morgan fingerprint density at radius 2 is 2.24 bits per heavy atom. The lowest BCUT2D eigenvalue weighted by Gasteiger charge is -2.25. The highest BCUT2D eigenvalue weighted by molar-refractivity contribution is 9.10. The molecule has 0 N–H and O–H groups in total. The van der Waals surface area contributed by atoms with Gasteiger partial charge in [-0.1, -0.05) is 35.7 Å². The fraction of sp³-hybridized carbons (Fsp3) is 0.500. The summed E-state index contributed by atoms with van der Waals surface area (Å²) in [6.07, 6.45) is 5.11. The Balaban J connectivity index is 2.06. The summed E-state index contributed by atoms with van der Waals surface area (Å²) in [4.78, 5) is 11.9. The molecule has 0 bridgehead atoms. The third-order valence-electron chi connectivity index (χ3n) is 3.08. The Bertz CT molecular complexity index is 415. The molecular formula is C14H17BrO2. The van der Waals surface area contributed by atoms with Gasteiger partial charge < -0.3 is 4.74 Å². The second-order valence-electron chi connectivity index (χ2n) is 4.50. The molecule has 0 amide bonds. The molecule has 1 aromatic rings. The molecule has 0 radical (unpaired) electrons. The topological polar surface area (TPSA) is 26.3 Å². The number of ether oxygens (including phenoxy) is 1. The van der Waals surface area contributed by atoms with Crippen molar-refractivity contribution < 1.29 is 9.53 Å². The van der Waals surface area contributed by atoms with Crippen molar-refractivity contribution in [3.05, 3.63) is 28.2 Å². The van der Waals surface area contributed by atoms with Crippen molar-refractivity contribution in [2.75, 3.05) is 0 Å². The van der Waals surface area contributed by atoms with E-state index in [4.69, 9.17) is 4.74 Å². The van der Waals surface area contributed by atoms with Gasteiger partial charge in [0.15, 0.2) is 5.78 Å². The summed E-state index contributed by atoms with van der Waals surface area (Å²) in [6.45, 7) is 2.18. The van der Waals surface area contributed by atoms with E-state index in [1.165, 1.54) is 12.8 Å².